The fourth-order valence-electron chi connectivity index (χ4n) is 1.19. The molecule has 1 unspecified atom stereocenters. The molecule has 0 spiro atoms. The van der Waals surface area contributed by atoms with Gasteiger partial charge in [-0.3, -0.25) is 4.21 Å². The monoisotopic (exact) mass is 257 g/mol. The molecule has 0 fully saturated rings. The molecule has 0 saturated heterocycles. The number of rotatable bonds is 7. The van der Waals surface area contributed by atoms with Gasteiger partial charge in [0, 0.05) is 29.4 Å². The molecule has 96 valence electrons. The normalized spacial score (nSPS) is 12.1. The van der Waals surface area contributed by atoms with E-state index in [2.05, 4.69) is 10.3 Å². The molecule has 0 bridgehead atoms. The molecule has 0 saturated carbocycles. The van der Waals surface area contributed by atoms with Gasteiger partial charge in [-0.05, 0) is 18.6 Å². The van der Waals surface area contributed by atoms with Gasteiger partial charge in [-0.1, -0.05) is 6.92 Å². The second kappa shape index (κ2) is 7.11. The molecule has 3 N–H and O–H groups in total. The lowest BCUT2D eigenvalue weighted by molar-refractivity contribution is 0.307. The molecule has 0 aliphatic carbocycles. The number of hydrogen-bond donors (Lipinski definition) is 2. The Balaban J connectivity index is 2.58. The van der Waals surface area contributed by atoms with Crippen molar-refractivity contribution in [3.05, 3.63) is 12.1 Å². The molecule has 0 aromatic carbocycles. The second-order valence-electron chi connectivity index (χ2n) is 3.64. The van der Waals surface area contributed by atoms with E-state index in [0.29, 0.717) is 36.3 Å². The molecule has 0 radical (unpaired) electrons. The van der Waals surface area contributed by atoms with Crippen LogP contribution in [0, 0.1) is 0 Å². The number of nitrogens with zero attached hydrogens (tertiary/aromatic N) is 1. The fraction of sp³-hybridized carbons (Fsp3) is 0.545. The third-order valence-electron chi connectivity index (χ3n) is 2.03. The summed E-state index contributed by atoms with van der Waals surface area (Å²) in [7, 11) is -0.800. The molecule has 5 nitrogen and oxygen atoms in total. The predicted octanol–water partition coefficient (Wildman–Crippen LogP) is 1.24. The van der Waals surface area contributed by atoms with E-state index in [1.165, 1.54) is 0 Å². The van der Waals surface area contributed by atoms with Crippen molar-refractivity contribution in [3.63, 3.8) is 0 Å². The highest BCUT2D eigenvalue weighted by molar-refractivity contribution is 7.84. The second-order valence-corrected chi connectivity index (χ2v) is 5.20. The van der Waals surface area contributed by atoms with Gasteiger partial charge in [0.15, 0.2) is 0 Å². The van der Waals surface area contributed by atoms with Gasteiger partial charge in [-0.2, -0.15) is 4.98 Å². The van der Waals surface area contributed by atoms with Crippen LogP contribution in [-0.4, -0.2) is 34.4 Å². The Morgan fingerprint density at radius 1 is 1.53 bits per heavy atom. The molecule has 6 heteroatoms. The summed E-state index contributed by atoms with van der Waals surface area (Å²) in [5.41, 5.74) is 6.27. The van der Waals surface area contributed by atoms with Gasteiger partial charge in [0.2, 0.25) is 5.88 Å². The summed E-state index contributed by atoms with van der Waals surface area (Å²) in [6.45, 7) is 3.24. The fourth-order valence-corrected chi connectivity index (χ4v) is 1.58. The highest BCUT2D eigenvalue weighted by Gasteiger charge is 2.03. The van der Waals surface area contributed by atoms with Crippen molar-refractivity contribution in [3.8, 4) is 5.88 Å². The number of nitrogens with two attached hydrogens (primary N) is 1. The van der Waals surface area contributed by atoms with Crippen LogP contribution < -0.4 is 15.8 Å². The van der Waals surface area contributed by atoms with E-state index in [0.717, 1.165) is 6.42 Å². The van der Waals surface area contributed by atoms with Crippen LogP contribution in [0.5, 0.6) is 5.88 Å². The Hall–Kier alpha value is -1.30. The predicted molar refractivity (Wildman–Crippen MR) is 71.9 cm³/mol. The van der Waals surface area contributed by atoms with Crippen LogP contribution >= 0.6 is 0 Å². The van der Waals surface area contributed by atoms with Crippen LogP contribution in [0.4, 0.5) is 11.5 Å². The van der Waals surface area contributed by atoms with Gasteiger partial charge in [-0.25, -0.2) is 0 Å². The highest BCUT2D eigenvalue weighted by atomic mass is 32.2. The summed E-state index contributed by atoms with van der Waals surface area (Å²) < 4.78 is 16.3. The molecule has 0 aliphatic heterocycles. The number of aromatic nitrogens is 1. The quantitative estimate of drug-likeness (QED) is 0.768. The molecule has 17 heavy (non-hydrogen) atoms. The first-order valence-electron chi connectivity index (χ1n) is 5.56. The van der Waals surface area contributed by atoms with Crippen molar-refractivity contribution >= 4 is 22.3 Å². The summed E-state index contributed by atoms with van der Waals surface area (Å²) in [6, 6.07) is 3.54. The third-order valence-corrected chi connectivity index (χ3v) is 2.81. The molecule has 1 aromatic heterocycles. The van der Waals surface area contributed by atoms with Gasteiger partial charge in [0.05, 0.1) is 12.3 Å². The Bertz CT molecular complexity index is 385. The average molecular weight is 257 g/mol. The maximum atomic E-state index is 10.9. The van der Waals surface area contributed by atoms with Crippen molar-refractivity contribution in [1.29, 1.82) is 0 Å². The van der Waals surface area contributed by atoms with Crippen LogP contribution in [0.1, 0.15) is 13.3 Å². The summed E-state index contributed by atoms with van der Waals surface area (Å²) in [6.07, 6.45) is 2.58. The minimum Gasteiger partial charge on any atom is -0.476 e. The molecule has 1 aromatic rings. The Morgan fingerprint density at radius 2 is 2.29 bits per heavy atom. The smallest absolute Gasteiger partial charge is 0.239 e. The largest absolute Gasteiger partial charge is 0.476 e. The number of ether oxygens (including phenoxy) is 1. The van der Waals surface area contributed by atoms with Crippen molar-refractivity contribution in [2.75, 3.05) is 36.2 Å². The Labute approximate surface area is 104 Å². The first-order valence-corrected chi connectivity index (χ1v) is 7.29. The summed E-state index contributed by atoms with van der Waals surface area (Å²) >= 11 is 0. The zero-order valence-corrected chi connectivity index (χ0v) is 11.0. The van der Waals surface area contributed by atoms with Gasteiger partial charge >= 0.3 is 0 Å². The van der Waals surface area contributed by atoms with Gasteiger partial charge in [-0.15, -0.1) is 0 Å². The number of anilines is 2. The maximum absolute atomic E-state index is 10.9. The van der Waals surface area contributed by atoms with Crippen molar-refractivity contribution < 1.29 is 8.95 Å². The molecule has 1 rings (SSSR count). The zero-order chi connectivity index (χ0) is 12.7. The first-order chi connectivity index (χ1) is 8.13. The summed E-state index contributed by atoms with van der Waals surface area (Å²) in [5, 5.41) is 3.08. The van der Waals surface area contributed by atoms with E-state index in [1.54, 1.807) is 18.4 Å². The lowest BCUT2D eigenvalue weighted by Gasteiger charge is -2.09. The minimum atomic E-state index is -0.800. The SMILES string of the molecule is CCCOc1nc(NCCS(C)=O)ccc1N. The molecule has 1 atom stereocenters. The molecular weight excluding hydrogens is 238 g/mol. The summed E-state index contributed by atoms with van der Waals surface area (Å²) in [4.78, 5) is 4.25. The number of pyridine rings is 1. The first kappa shape index (κ1) is 13.8. The molecule has 0 amide bonds. The minimum absolute atomic E-state index is 0.453. The van der Waals surface area contributed by atoms with E-state index in [4.69, 9.17) is 10.5 Å². The lowest BCUT2D eigenvalue weighted by atomic mass is 10.4. The van der Waals surface area contributed by atoms with Crippen LogP contribution in [0.2, 0.25) is 0 Å². The van der Waals surface area contributed by atoms with Gasteiger partial charge in [0.1, 0.15) is 5.82 Å². The van der Waals surface area contributed by atoms with Gasteiger partial charge < -0.3 is 15.8 Å². The van der Waals surface area contributed by atoms with E-state index in [1.807, 2.05) is 6.92 Å². The average Bonchev–Trinajstić information content (AvgIpc) is 2.29. The molecule has 1 heterocycles. The topological polar surface area (TPSA) is 77.2 Å². The van der Waals surface area contributed by atoms with E-state index in [9.17, 15) is 4.21 Å². The number of hydrogen-bond acceptors (Lipinski definition) is 5. The van der Waals surface area contributed by atoms with Crippen molar-refractivity contribution in [2.45, 2.75) is 13.3 Å². The van der Waals surface area contributed by atoms with E-state index < -0.39 is 10.8 Å². The number of nitrogen functional groups attached to an aromatic ring is 1. The van der Waals surface area contributed by atoms with Crippen LogP contribution in [0.15, 0.2) is 12.1 Å². The number of nitrogens with one attached hydrogen (secondary N) is 1. The van der Waals surface area contributed by atoms with Crippen LogP contribution in [0.25, 0.3) is 0 Å². The molecule has 0 aliphatic rings. The Morgan fingerprint density at radius 3 is 2.94 bits per heavy atom. The van der Waals surface area contributed by atoms with Crippen molar-refractivity contribution in [1.82, 2.24) is 4.98 Å². The highest BCUT2D eigenvalue weighted by Crippen LogP contribution is 2.20. The third kappa shape index (κ3) is 5.04. The maximum Gasteiger partial charge on any atom is 0.239 e. The standard InChI is InChI=1S/C11H19N3O2S/c1-3-7-16-11-9(12)4-5-10(14-11)13-6-8-17(2)15/h4-5H,3,6-8,12H2,1-2H3,(H,13,14). The summed E-state index contributed by atoms with van der Waals surface area (Å²) in [5.74, 6) is 1.74. The van der Waals surface area contributed by atoms with Crippen molar-refractivity contribution in [2.24, 2.45) is 0 Å². The van der Waals surface area contributed by atoms with Gasteiger partial charge in [0.25, 0.3) is 0 Å². The molecular formula is C11H19N3O2S. The van der Waals surface area contributed by atoms with Crippen LogP contribution in [0.3, 0.4) is 0 Å². The lowest BCUT2D eigenvalue weighted by Crippen LogP contribution is -2.11. The van der Waals surface area contributed by atoms with E-state index in [-0.39, 0.29) is 0 Å². The zero-order valence-electron chi connectivity index (χ0n) is 10.2. The van der Waals surface area contributed by atoms with E-state index >= 15 is 0 Å². The van der Waals surface area contributed by atoms with Crippen LogP contribution in [-0.2, 0) is 10.8 Å². The Kier molecular flexibility index (Phi) is 5.76.